The summed E-state index contributed by atoms with van der Waals surface area (Å²) in [6.45, 7) is 1.89. The highest BCUT2D eigenvalue weighted by molar-refractivity contribution is 8.23. The third-order valence-electron chi connectivity index (χ3n) is 4.24. The Balaban J connectivity index is 1.59. The van der Waals surface area contributed by atoms with Crippen LogP contribution in [0.2, 0.25) is 0 Å². The van der Waals surface area contributed by atoms with Crippen LogP contribution in [0.25, 0.3) is 0 Å². The van der Waals surface area contributed by atoms with Gasteiger partial charge in [0.25, 0.3) is 5.91 Å². The highest BCUT2D eigenvalue weighted by atomic mass is 32.2. The minimum Gasteiger partial charge on any atom is -0.358 e. The van der Waals surface area contributed by atoms with Gasteiger partial charge >= 0.3 is 0 Å². The first-order chi connectivity index (χ1) is 13.5. The third-order valence-corrected chi connectivity index (χ3v) is 5.76. The monoisotopic (exact) mass is 417 g/mol. The molecule has 28 heavy (non-hydrogen) atoms. The largest absolute Gasteiger partial charge is 0.358 e. The number of hydrogen-bond acceptors (Lipinski definition) is 4. The molecule has 3 rings (SSSR count). The number of hydrogen-bond donors (Lipinski definition) is 2. The molecular weight excluding hydrogens is 397 g/mol. The molecule has 146 valence electrons. The van der Waals surface area contributed by atoms with E-state index in [0.717, 1.165) is 30.3 Å². The second kappa shape index (κ2) is 9.66. The molecule has 1 saturated heterocycles. The first kappa shape index (κ1) is 20.3. The Bertz CT molecular complexity index is 868. The Kier molecular flexibility index (Phi) is 7.00. The van der Waals surface area contributed by atoms with Crippen molar-refractivity contribution in [1.82, 2.24) is 4.90 Å². The number of anilines is 2. The molecule has 8 heteroatoms. The molecular formula is C20H20FN3O2S2. The molecule has 1 heterocycles. The van der Waals surface area contributed by atoms with Gasteiger partial charge in [0.15, 0.2) is 0 Å². The quantitative estimate of drug-likeness (QED) is 0.717. The number of carbonyl (C=O) groups is 2. The normalized spacial score (nSPS) is 13.2. The molecule has 0 unspecified atom stereocenters. The lowest BCUT2D eigenvalue weighted by atomic mass is 10.1. The van der Waals surface area contributed by atoms with Gasteiger partial charge in [-0.2, -0.15) is 0 Å². The molecule has 1 aliphatic heterocycles. The van der Waals surface area contributed by atoms with E-state index in [-0.39, 0.29) is 23.4 Å². The van der Waals surface area contributed by atoms with Crippen LogP contribution in [0.15, 0.2) is 48.5 Å². The van der Waals surface area contributed by atoms with Crippen LogP contribution in [0.5, 0.6) is 0 Å². The number of nitrogens with one attached hydrogen (secondary N) is 2. The van der Waals surface area contributed by atoms with Crippen molar-refractivity contribution in [3.8, 4) is 0 Å². The predicted octanol–water partition coefficient (Wildman–Crippen LogP) is 4.13. The summed E-state index contributed by atoms with van der Waals surface area (Å²) in [5.41, 5.74) is 1.21. The molecule has 2 N–H and O–H groups in total. The van der Waals surface area contributed by atoms with Crippen molar-refractivity contribution in [1.29, 1.82) is 0 Å². The van der Waals surface area contributed by atoms with E-state index in [9.17, 15) is 14.0 Å². The maximum atomic E-state index is 13.0. The zero-order valence-electron chi connectivity index (χ0n) is 15.1. The first-order valence-electron chi connectivity index (χ1n) is 8.90. The summed E-state index contributed by atoms with van der Waals surface area (Å²) in [6, 6.07) is 12.2. The molecule has 5 nitrogen and oxygen atoms in total. The first-order valence-corrected chi connectivity index (χ1v) is 10.3. The molecule has 2 aromatic carbocycles. The summed E-state index contributed by atoms with van der Waals surface area (Å²) in [5, 5.41) is 5.47. The van der Waals surface area contributed by atoms with E-state index in [0.29, 0.717) is 16.9 Å². The SMILES string of the molecule is O=C(CSC(=S)N1CCCC1)Nc1ccccc1C(=O)Nc1ccc(F)cc1. The molecule has 0 bridgehead atoms. The maximum Gasteiger partial charge on any atom is 0.257 e. The summed E-state index contributed by atoms with van der Waals surface area (Å²) in [6.07, 6.45) is 2.26. The van der Waals surface area contributed by atoms with Gasteiger partial charge < -0.3 is 15.5 Å². The van der Waals surface area contributed by atoms with Gasteiger partial charge in [-0.15, -0.1) is 0 Å². The molecule has 2 aromatic rings. The highest BCUT2D eigenvalue weighted by Gasteiger charge is 2.17. The smallest absolute Gasteiger partial charge is 0.257 e. The van der Waals surface area contributed by atoms with Crippen molar-refractivity contribution in [2.24, 2.45) is 0 Å². The maximum absolute atomic E-state index is 13.0. The Morgan fingerprint density at radius 2 is 1.71 bits per heavy atom. The molecule has 0 aromatic heterocycles. The van der Waals surface area contributed by atoms with Crippen molar-refractivity contribution < 1.29 is 14.0 Å². The van der Waals surface area contributed by atoms with E-state index in [1.165, 1.54) is 36.0 Å². The third kappa shape index (κ3) is 5.53. The van der Waals surface area contributed by atoms with Crippen LogP contribution in [0, 0.1) is 5.82 Å². The number of para-hydroxylation sites is 1. The Labute approximate surface area is 172 Å². The lowest BCUT2D eigenvalue weighted by Crippen LogP contribution is -2.25. The van der Waals surface area contributed by atoms with Gasteiger partial charge in [0.2, 0.25) is 5.91 Å². The average Bonchev–Trinajstić information content (AvgIpc) is 3.23. The fourth-order valence-electron chi connectivity index (χ4n) is 2.83. The van der Waals surface area contributed by atoms with Crippen molar-refractivity contribution >= 4 is 51.5 Å². The van der Waals surface area contributed by atoms with Crippen LogP contribution >= 0.6 is 24.0 Å². The summed E-state index contributed by atoms with van der Waals surface area (Å²) in [5.74, 6) is -0.810. The minimum atomic E-state index is -0.386. The zero-order chi connectivity index (χ0) is 19.9. The lowest BCUT2D eigenvalue weighted by Gasteiger charge is -2.17. The standard InChI is InChI=1S/C20H20FN3O2S2/c21-14-7-9-15(10-8-14)22-19(26)16-5-1-2-6-17(16)23-18(25)13-28-20(27)24-11-3-4-12-24/h1-2,5-10H,3-4,11-13H2,(H,22,26)(H,23,25). The van der Waals surface area contributed by atoms with Crippen LogP contribution in [0.4, 0.5) is 15.8 Å². The van der Waals surface area contributed by atoms with Crippen LogP contribution < -0.4 is 10.6 Å². The Morgan fingerprint density at radius 3 is 2.43 bits per heavy atom. The van der Waals surface area contributed by atoms with Gasteiger partial charge in [-0.05, 0) is 49.2 Å². The summed E-state index contributed by atoms with van der Waals surface area (Å²) in [4.78, 5) is 27.0. The molecule has 1 aliphatic rings. The number of thioether (sulfide) groups is 1. The van der Waals surface area contributed by atoms with Crippen molar-refractivity contribution in [3.05, 3.63) is 59.9 Å². The number of carbonyl (C=O) groups excluding carboxylic acids is 2. The van der Waals surface area contributed by atoms with E-state index in [1.54, 1.807) is 24.3 Å². The fraction of sp³-hybridized carbons (Fsp3) is 0.250. The molecule has 2 amide bonds. The van der Waals surface area contributed by atoms with Crippen molar-refractivity contribution in [2.45, 2.75) is 12.8 Å². The van der Waals surface area contributed by atoms with Gasteiger partial charge in [0.1, 0.15) is 10.1 Å². The molecule has 0 atom stereocenters. The number of thiocarbonyl (C=S) groups is 1. The lowest BCUT2D eigenvalue weighted by molar-refractivity contribution is -0.113. The number of benzene rings is 2. The highest BCUT2D eigenvalue weighted by Crippen LogP contribution is 2.20. The van der Waals surface area contributed by atoms with Gasteiger partial charge in [0, 0.05) is 18.8 Å². The number of amides is 2. The summed E-state index contributed by atoms with van der Waals surface area (Å²) >= 11 is 6.69. The number of likely N-dealkylation sites (tertiary alicyclic amines) is 1. The molecule has 0 saturated carbocycles. The minimum absolute atomic E-state index is 0.184. The topological polar surface area (TPSA) is 61.4 Å². The van der Waals surface area contributed by atoms with Crippen LogP contribution in [-0.2, 0) is 4.79 Å². The molecule has 0 aliphatic carbocycles. The Morgan fingerprint density at radius 1 is 1.04 bits per heavy atom. The predicted molar refractivity (Wildman–Crippen MR) is 115 cm³/mol. The summed E-state index contributed by atoms with van der Waals surface area (Å²) < 4.78 is 13.7. The van der Waals surface area contributed by atoms with E-state index in [4.69, 9.17) is 12.2 Å². The van der Waals surface area contributed by atoms with E-state index >= 15 is 0 Å². The second-order valence-corrected chi connectivity index (χ2v) is 7.91. The number of rotatable bonds is 5. The van der Waals surface area contributed by atoms with Gasteiger partial charge in [0.05, 0.1) is 17.0 Å². The zero-order valence-corrected chi connectivity index (χ0v) is 16.7. The molecule has 1 fully saturated rings. The van der Waals surface area contributed by atoms with E-state index < -0.39 is 0 Å². The fourth-order valence-corrected chi connectivity index (χ4v) is 3.88. The number of halogens is 1. The van der Waals surface area contributed by atoms with Crippen LogP contribution in [-0.4, -0.2) is 39.9 Å². The second-order valence-electron chi connectivity index (χ2n) is 6.30. The summed E-state index contributed by atoms with van der Waals surface area (Å²) in [7, 11) is 0. The van der Waals surface area contributed by atoms with Crippen molar-refractivity contribution in [2.75, 3.05) is 29.5 Å². The number of nitrogens with zero attached hydrogens (tertiary/aromatic N) is 1. The molecule has 0 radical (unpaired) electrons. The average molecular weight is 418 g/mol. The van der Waals surface area contributed by atoms with E-state index in [1.807, 2.05) is 0 Å². The van der Waals surface area contributed by atoms with Crippen molar-refractivity contribution in [3.63, 3.8) is 0 Å². The Hall–Kier alpha value is -2.45. The van der Waals surface area contributed by atoms with Crippen LogP contribution in [0.3, 0.4) is 0 Å². The molecule has 0 spiro atoms. The van der Waals surface area contributed by atoms with Gasteiger partial charge in [-0.3, -0.25) is 9.59 Å². The van der Waals surface area contributed by atoms with Gasteiger partial charge in [-0.25, -0.2) is 4.39 Å². The van der Waals surface area contributed by atoms with E-state index in [2.05, 4.69) is 15.5 Å². The van der Waals surface area contributed by atoms with Crippen LogP contribution in [0.1, 0.15) is 23.2 Å². The van der Waals surface area contributed by atoms with Gasteiger partial charge in [-0.1, -0.05) is 36.1 Å².